The summed E-state index contributed by atoms with van der Waals surface area (Å²) < 4.78 is 50.5. The standard InChI is InChI=1S/C30H47N6O11P/c1-10-22(37)45-25-24(20-12-13-21-27(31)32-15-33-36(20)21)47-30(9,26(25)46-23(38)11-2)14-42-48(41,34-18(7)28(39)43-16(3)4)35-19(8)29(40)44-17(5)6/h12-13,15-19,24-26H,10-11,14H2,1-9H3,(H2,31,32,33)(H2,34,35,41)/t18-,19-,24-,25-,26-,30+/m0/s1. The number of hydrogen-bond acceptors (Lipinski definition) is 14. The second-order valence-electron chi connectivity index (χ2n) is 12.1. The number of nitrogens with two attached hydrogens (primary N) is 1. The van der Waals surface area contributed by atoms with E-state index in [9.17, 15) is 23.7 Å². The lowest BCUT2D eigenvalue weighted by atomic mass is 9.96. The highest BCUT2D eigenvalue weighted by molar-refractivity contribution is 7.54. The van der Waals surface area contributed by atoms with Crippen molar-refractivity contribution in [3.05, 3.63) is 24.2 Å². The Morgan fingerprint density at radius 3 is 2.02 bits per heavy atom. The Balaban J connectivity index is 2.05. The van der Waals surface area contributed by atoms with Crippen molar-refractivity contribution < 1.29 is 52.0 Å². The smallest absolute Gasteiger partial charge is 0.342 e. The molecule has 0 unspecified atom stereocenters. The van der Waals surface area contributed by atoms with E-state index in [0.29, 0.717) is 11.2 Å². The molecule has 0 saturated carbocycles. The second-order valence-corrected chi connectivity index (χ2v) is 14.0. The molecule has 2 aromatic heterocycles. The number of nitrogen functional groups attached to an aromatic ring is 1. The third kappa shape index (κ3) is 9.50. The molecule has 0 aromatic carbocycles. The zero-order valence-corrected chi connectivity index (χ0v) is 29.6. The quantitative estimate of drug-likeness (QED) is 0.130. The molecule has 3 rings (SSSR count). The summed E-state index contributed by atoms with van der Waals surface area (Å²) in [6, 6.07) is 0.992. The number of nitrogens with zero attached hydrogens (tertiary/aromatic N) is 3. The highest BCUT2D eigenvalue weighted by Gasteiger charge is 2.59. The molecule has 18 heteroatoms. The molecule has 0 spiro atoms. The van der Waals surface area contributed by atoms with Crippen LogP contribution in [0.4, 0.5) is 5.82 Å². The first-order valence-electron chi connectivity index (χ1n) is 15.8. The molecule has 48 heavy (non-hydrogen) atoms. The van der Waals surface area contributed by atoms with Crippen LogP contribution in [0.2, 0.25) is 0 Å². The second kappa shape index (κ2) is 16.2. The Bertz CT molecular complexity index is 1480. The van der Waals surface area contributed by atoms with Gasteiger partial charge in [-0.2, -0.15) is 5.10 Å². The number of carbonyl (C=O) groups excluding carboxylic acids is 4. The number of hydrogen-bond donors (Lipinski definition) is 3. The lowest BCUT2D eigenvalue weighted by Crippen LogP contribution is -2.49. The minimum Gasteiger partial charge on any atom is -0.462 e. The Morgan fingerprint density at radius 1 is 0.958 bits per heavy atom. The summed E-state index contributed by atoms with van der Waals surface area (Å²) in [6.45, 7) is 13.6. The van der Waals surface area contributed by atoms with Gasteiger partial charge in [-0.1, -0.05) is 13.8 Å². The van der Waals surface area contributed by atoms with E-state index in [1.165, 1.54) is 31.6 Å². The summed E-state index contributed by atoms with van der Waals surface area (Å²) in [5, 5.41) is 9.52. The fraction of sp³-hybridized carbons (Fsp3) is 0.667. The third-order valence-electron chi connectivity index (χ3n) is 7.17. The minimum absolute atomic E-state index is 0.00662. The normalized spacial score (nSPS) is 22.4. The van der Waals surface area contributed by atoms with Gasteiger partial charge in [0.1, 0.15) is 35.6 Å². The molecule has 1 aliphatic rings. The molecular weight excluding hydrogens is 651 g/mol. The van der Waals surface area contributed by atoms with E-state index in [1.54, 1.807) is 53.7 Å². The van der Waals surface area contributed by atoms with Crippen LogP contribution in [-0.2, 0) is 52.0 Å². The van der Waals surface area contributed by atoms with Gasteiger partial charge in [0, 0.05) is 12.8 Å². The van der Waals surface area contributed by atoms with Crippen LogP contribution in [0.15, 0.2) is 18.5 Å². The van der Waals surface area contributed by atoms with Crippen LogP contribution in [-0.4, -0.2) is 87.2 Å². The van der Waals surface area contributed by atoms with Gasteiger partial charge in [0.15, 0.2) is 18.0 Å². The molecule has 0 bridgehead atoms. The highest BCUT2D eigenvalue weighted by Crippen LogP contribution is 2.48. The number of rotatable bonds is 16. The molecule has 1 saturated heterocycles. The molecular formula is C30H47N6O11P. The van der Waals surface area contributed by atoms with Gasteiger partial charge in [-0.15, -0.1) is 0 Å². The van der Waals surface area contributed by atoms with Crippen molar-refractivity contribution in [2.24, 2.45) is 0 Å². The fourth-order valence-electron chi connectivity index (χ4n) is 4.85. The number of aromatic nitrogens is 3. The molecule has 1 fully saturated rings. The lowest BCUT2D eigenvalue weighted by molar-refractivity contribution is -0.171. The summed E-state index contributed by atoms with van der Waals surface area (Å²) in [4.78, 5) is 54.8. The van der Waals surface area contributed by atoms with Crippen LogP contribution < -0.4 is 15.9 Å². The van der Waals surface area contributed by atoms with Gasteiger partial charge < -0.3 is 33.9 Å². The van der Waals surface area contributed by atoms with Crippen molar-refractivity contribution in [3.8, 4) is 0 Å². The molecule has 0 aliphatic carbocycles. The number of nitrogens with one attached hydrogen (secondary N) is 2. The van der Waals surface area contributed by atoms with E-state index in [1.807, 2.05) is 0 Å². The molecule has 3 heterocycles. The molecule has 0 amide bonds. The number of esters is 4. The van der Waals surface area contributed by atoms with Crippen LogP contribution in [0.25, 0.3) is 5.52 Å². The SMILES string of the molecule is CCC(=O)O[C@H]1[C@H](c2ccc3c(N)ncnn23)O[C@](C)(COP(=O)(N[C@@H](C)C(=O)OC(C)C)N[C@@H](C)C(=O)OC(C)C)[C@H]1OC(=O)CC. The van der Waals surface area contributed by atoms with Crippen LogP contribution in [0.1, 0.15) is 87.0 Å². The molecule has 0 radical (unpaired) electrons. The van der Waals surface area contributed by atoms with Crippen molar-refractivity contribution in [1.29, 1.82) is 0 Å². The minimum atomic E-state index is -4.34. The van der Waals surface area contributed by atoms with Gasteiger partial charge in [-0.25, -0.2) is 19.7 Å². The monoisotopic (exact) mass is 698 g/mol. The summed E-state index contributed by atoms with van der Waals surface area (Å²) >= 11 is 0. The van der Waals surface area contributed by atoms with Crippen LogP contribution in [0.3, 0.4) is 0 Å². The van der Waals surface area contributed by atoms with Crippen molar-refractivity contribution >= 4 is 42.9 Å². The Morgan fingerprint density at radius 2 is 1.50 bits per heavy atom. The van der Waals surface area contributed by atoms with Gasteiger partial charge in [0.2, 0.25) is 0 Å². The molecule has 1 aliphatic heterocycles. The van der Waals surface area contributed by atoms with E-state index in [-0.39, 0.29) is 18.7 Å². The topological polar surface area (TPSA) is 221 Å². The average molecular weight is 699 g/mol. The molecule has 17 nitrogen and oxygen atoms in total. The zero-order chi connectivity index (χ0) is 36.0. The molecule has 6 atom stereocenters. The number of anilines is 1. The number of carbonyl (C=O) groups is 4. The summed E-state index contributed by atoms with van der Waals surface area (Å²) in [6.07, 6.45) is -3.26. The van der Waals surface area contributed by atoms with Gasteiger partial charge in [-0.3, -0.25) is 23.7 Å². The van der Waals surface area contributed by atoms with Crippen LogP contribution >= 0.6 is 7.67 Å². The summed E-state index contributed by atoms with van der Waals surface area (Å²) in [5.74, 6) is -2.49. The van der Waals surface area contributed by atoms with Crippen LogP contribution in [0.5, 0.6) is 0 Å². The van der Waals surface area contributed by atoms with E-state index >= 15 is 0 Å². The number of fused-ring (bicyclic) bond motifs is 1. The van der Waals surface area contributed by atoms with Crippen molar-refractivity contribution in [2.45, 2.75) is 123 Å². The first kappa shape index (κ1) is 38.8. The Kier molecular flexibility index (Phi) is 13.1. The Hall–Kier alpha value is -3.63. The first-order valence-corrected chi connectivity index (χ1v) is 17.4. The van der Waals surface area contributed by atoms with Crippen molar-refractivity contribution in [2.75, 3.05) is 12.3 Å². The fourth-order valence-corrected chi connectivity index (χ4v) is 6.75. The zero-order valence-electron chi connectivity index (χ0n) is 28.8. The van der Waals surface area contributed by atoms with Gasteiger partial charge in [-0.05, 0) is 60.6 Å². The van der Waals surface area contributed by atoms with E-state index < -0.39 is 86.4 Å². The lowest BCUT2D eigenvalue weighted by Gasteiger charge is -2.33. The maximum Gasteiger partial charge on any atom is 0.342 e. The van der Waals surface area contributed by atoms with E-state index in [4.69, 9.17) is 33.9 Å². The first-order chi connectivity index (χ1) is 22.4. The molecule has 4 N–H and O–H groups in total. The Labute approximate surface area is 279 Å². The largest absolute Gasteiger partial charge is 0.462 e. The maximum absolute atomic E-state index is 14.4. The van der Waals surface area contributed by atoms with Gasteiger partial charge in [0.05, 0.1) is 24.5 Å². The summed E-state index contributed by atoms with van der Waals surface area (Å²) in [7, 11) is -4.34. The maximum atomic E-state index is 14.4. The van der Waals surface area contributed by atoms with Crippen molar-refractivity contribution in [3.63, 3.8) is 0 Å². The summed E-state index contributed by atoms with van der Waals surface area (Å²) in [5.41, 5.74) is 5.26. The van der Waals surface area contributed by atoms with Gasteiger partial charge >= 0.3 is 31.5 Å². The predicted octanol–water partition coefficient (Wildman–Crippen LogP) is 2.77. The highest BCUT2D eigenvalue weighted by atomic mass is 31.2. The third-order valence-corrected chi connectivity index (χ3v) is 9.12. The number of ether oxygens (including phenoxy) is 5. The van der Waals surface area contributed by atoms with Crippen molar-refractivity contribution in [1.82, 2.24) is 24.8 Å². The van der Waals surface area contributed by atoms with E-state index in [2.05, 4.69) is 20.3 Å². The average Bonchev–Trinajstić information content (AvgIpc) is 3.55. The predicted molar refractivity (Wildman–Crippen MR) is 171 cm³/mol. The van der Waals surface area contributed by atoms with Gasteiger partial charge in [0.25, 0.3) is 0 Å². The van der Waals surface area contributed by atoms with Crippen LogP contribution in [0, 0.1) is 0 Å². The van der Waals surface area contributed by atoms with E-state index in [0.717, 1.165) is 0 Å². The molecule has 268 valence electrons. The molecule has 2 aromatic rings.